The number of aromatic nitrogens is 1. The molecule has 3 aromatic rings. The molecular weight excluding hydrogens is 394 g/mol. The summed E-state index contributed by atoms with van der Waals surface area (Å²) >= 11 is 8.59. The zero-order valence-electron chi connectivity index (χ0n) is 13.8. The van der Waals surface area contributed by atoms with Crippen molar-refractivity contribution in [3.8, 4) is 0 Å². The standard InChI is InChI=1S/C17H16ClN3O3S2/c1-9-2-3-10-6-14(26-16(10)20-9)21-8-11(24-17(21)23)7-19-15(22)12-4-5-13(18)25-12/h2-6,11,17,23H,7-8H2,1H3,(H,19,22)/t11-,17?/m0/s1. The lowest BCUT2D eigenvalue weighted by molar-refractivity contribution is -0.0866. The van der Waals surface area contributed by atoms with E-state index in [0.717, 1.165) is 20.9 Å². The van der Waals surface area contributed by atoms with Gasteiger partial charge in [-0.15, -0.1) is 11.3 Å². The van der Waals surface area contributed by atoms with Crippen LogP contribution in [-0.2, 0) is 4.74 Å². The Bertz CT molecular complexity index is 958. The Kier molecular flexibility index (Phi) is 4.85. The number of aliphatic hydroxyl groups excluding tert-OH is 1. The molecule has 4 rings (SSSR count). The summed E-state index contributed by atoms with van der Waals surface area (Å²) in [5.74, 6) is -0.194. The number of anilines is 1. The number of nitrogens with zero attached hydrogens (tertiary/aromatic N) is 2. The van der Waals surface area contributed by atoms with Gasteiger partial charge in [-0.2, -0.15) is 0 Å². The van der Waals surface area contributed by atoms with Crippen molar-refractivity contribution in [1.82, 2.24) is 10.3 Å². The Morgan fingerprint density at radius 2 is 2.27 bits per heavy atom. The number of hydrogen-bond acceptors (Lipinski definition) is 7. The van der Waals surface area contributed by atoms with Gasteiger partial charge in [-0.1, -0.05) is 29.0 Å². The van der Waals surface area contributed by atoms with Gasteiger partial charge >= 0.3 is 0 Å². The third kappa shape index (κ3) is 3.56. The fraction of sp³-hybridized carbons (Fsp3) is 0.294. The van der Waals surface area contributed by atoms with Crippen LogP contribution in [-0.4, -0.2) is 41.6 Å². The predicted molar refractivity (Wildman–Crippen MR) is 104 cm³/mol. The van der Waals surface area contributed by atoms with Crippen LogP contribution < -0.4 is 10.2 Å². The van der Waals surface area contributed by atoms with Gasteiger partial charge in [-0.3, -0.25) is 4.79 Å². The molecule has 3 aromatic heterocycles. The lowest BCUT2D eigenvalue weighted by Gasteiger charge is -2.17. The molecule has 0 radical (unpaired) electrons. The Morgan fingerprint density at radius 1 is 1.42 bits per heavy atom. The molecule has 6 nitrogen and oxygen atoms in total. The molecule has 4 heterocycles. The molecule has 0 saturated carbocycles. The number of carbonyl (C=O) groups is 1. The average molecular weight is 410 g/mol. The van der Waals surface area contributed by atoms with E-state index < -0.39 is 6.41 Å². The summed E-state index contributed by atoms with van der Waals surface area (Å²) in [6.45, 7) is 2.74. The summed E-state index contributed by atoms with van der Waals surface area (Å²) < 4.78 is 6.14. The number of pyridine rings is 1. The van der Waals surface area contributed by atoms with E-state index in [1.807, 2.05) is 25.1 Å². The van der Waals surface area contributed by atoms with Crippen molar-refractivity contribution in [3.05, 3.63) is 45.2 Å². The quantitative estimate of drug-likeness (QED) is 0.692. The van der Waals surface area contributed by atoms with Gasteiger partial charge in [0.25, 0.3) is 5.91 Å². The SMILES string of the molecule is Cc1ccc2cc(N3C[C@H](CNC(=O)c4ccc(Cl)s4)OC3O)sc2n1. The van der Waals surface area contributed by atoms with E-state index in [4.69, 9.17) is 16.3 Å². The smallest absolute Gasteiger partial charge is 0.261 e. The normalized spacial score (nSPS) is 20.0. The number of aryl methyl sites for hydroxylation is 1. The molecule has 1 fully saturated rings. The molecular formula is C17H16ClN3O3S2. The van der Waals surface area contributed by atoms with Crippen molar-refractivity contribution >= 4 is 55.4 Å². The first kappa shape index (κ1) is 17.7. The monoisotopic (exact) mass is 409 g/mol. The number of carbonyl (C=O) groups excluding carboxylic acids is 1. The number of thiophene rings is 2. The molecule has 136 valence electrons. The minimum Gasteiger partial charge on any atom is -0.351 e. The van der Waals surface area contributed by atoms with Crippen LogP contribution in [0.15, 0.2) is 30.3 Å². The second kappa shape index (κ2) is 7.13. The molecule has 0 bridgehead atoms. The number of rotatable bonds is 4. The summed E-state index contributed by atoms with van der Waals surface area (Å²) in [5, 5.41) is 15.0. The summed E-state index contributed by atoms with van der Waals surface area (Å²) in [6.07, 6.45) is -1.34. The first-order chi connectivity index (χ1) is 12.5. The van der Waals surface area contributed by atoms with Crippen LogP contribution in [0.5, 0.6) is 0 Å². The molecule has 1 amide bonds. The summed E-state index contributed by atoms with van der Waals surface area (Å²) in [6, 6.07) is 9.35. The van der Waals surface area contributed by atoms with Gasteiger partial charge < -0.3 is 20.1 Å². The van der Waals surface area contributed by atoms with Gasteiger partial charge in [0.1, 0.15) is 4.83 Å². The van der Waals surface area contributed by atoms with E-state index in [9.17, 15) is 9.90 Å². The van der Waals surface area contributed by atoms with Gasteiger partial charge in [0.15, 0.2) is 0 Å². The molecule has 0 spiro atoms. The summed E-state index contributed by atoms with van der Waals surface area (Å²) in [4.78, 5) is 19.9. The van der Waals surface area contributed by atoms with Crippen molar-refractivity contribution in [1.29, 1.82) is 0 Å². The molecule has 0 aromatic carbocycles. The number of nitrogens with one attached hydrogen (secondary N) is 1. The maximum absolute atomic E-state index is 12.1. The zero-order chi connectivity index (χ0) is 18.3. The summed E-state index contributed by atoms with van der Waals surface area (Å²) in [7, 11) is 0. The molecule has 2 atom stereocenters. The number of fused-ring (bicyclic) bond motifs is 1. The number of ether oxygens (including phenoxy) is 1. The van der Waals surface area contributed by atoms with Gasteiger partial charge in [0.05, 0.1) is 26.9 Å². The van der Waals surface area contributed by atoms with E-state index in [0.29, 0.717) is 22.3 Å². The Morgan fingerprint density at radius 3 is 3.04 bits per heavy atom. The second-order valence-electron chi connectivity index (χ2n) is 5.98. The molecule has 1 saturated heterocycles. The van der Waals surface area contributed by atoms with Crippen molar-refractivity contribution in [2.45, 2.75) is 19.4 Å². The van der Waals surface area contributed by atoms with Crippen LogP contribution in [0.3, 0.4) is 0 Å². The summed E-state index contributed by atoms with van der Waals surface area (Å²) in [5.41, 5.74) is 0.957. The molecule has 1 aliphatic heterocycles. The van der Waals surface area contributed by atoms with E-state index in [1.165, 1.54) is 22.7 Å². The molecule has 0 aliphatic carbocycles. The lowest BCUT2D eigenvalue weighted by Crippen LogP contribution is -2.34. The molecule has 26 heavy (non-hydrogen) atoms. The van der Waals surface area contributed by atoms with Gasteiger partial charge in [0.2, 0.25) is 6.41 Å². The largest absolute Gasteiger partial charge is 0.351 e. The fourth-order valence-electron chi connectivity index (χ4n) is 2.78. The highest BCUT2D eigenvalue weighted by Crippen LogP contribution is 2.34. The maximum atomic E-state index is 12.1. The van der Waals surface area contributed by atoms with Gasteiger partial charge in [-0.05, 0) is 31.2 Å². The predicted octanol–water partition coefficient (Wildman–Crippen LogP) is 3.23. The topological polar surface area (TPSA) is 74.7 Å². The first-order valence-electron chi connectivity index (χ1n) is 8.00. The van der Waals surface area contributed by atoms with Crippen LogP contribution >= 0.6 is 34.3 Å². The highest BCUT2D eigenvalue weighted by molar-refractivity contribution is 7.22. The number of aliphatic hydroxyl groups is 1. The molecule has 1 aliphatic rings. The third-order valence-electron chi connectivity index (χ3n) is 4.06. The number of amides is 1. The number of hydrogen-bond donors (Lipinski definition) is 2. The van der Waals surface area contributed by atoms with Crippen LogP contribution in [0, 0.1) is 6.92 Å². The van der Waals surface area contributed by atoms with Crippen molar-refractivity contribution < 1.29 is 14.6 Å². The van der Waals surface area contributed by atoms with Crippen LogP contribution in [0.25, 0.3) is 10.2 Å². The minimum atomic E-state index is -1.04. The molecule has 9 heteroatoms. The second-order valence-corrected chi connectivity index (χ2v) is 8.71. The zero-order valence-corrected chi connectivity index (χ0v) is 16.2. The van der Waals surface area contributed by atoms with Crippen molar-refractivity contribution in [2.24, 2.45) is 0 Å². The number of halogens is 1. The Balaban J connectivity index is 1.41. The molecule has 2 N–H and O–H groups in total. The third-order valence-corrected chi connectivity index (χ3v) is 6.37. The minimum absolute atomic E-state index is 0.194. The van der Waals surface area contributed by atoms with Gasteiger partial charge in [0, 0.05) is 17.6 Å². The highest BCUT2D eigenvalue weighted by Gasteiger charge is 2.33. The Labute approximate surface area is 163 Å². The van der Waals surface area contributed by atoms with Crippen molar-refractivity contribution in [2.75, 3.05) is 18.0 Å². The fourth-order valence-corrected chi connectivity index (χ4v) is 4.84. The molecule has 1 unspecified atom stereocenters. The van der Waals surface area contributed by atoms with Crippen molar-refractivity contribution in [3.63, 3.8) is 0 Å². The Hall–Kier alpha value is -1.71. The van der Waals surface area contributed by atoms with Crippen LogP contribution in [0.1, 0.15) is 15.4 Å². The highest BCUT2D eigenvalue weighted by atomic mass is 35.5. The first-order valence-corrected chi connectivity index (χ1v) is 10.0. The van der Waals surface area contributed by atoms with Crippen LogP contribution in [0.4, 0.5) is 5.00 Å². The maximum Gasteiger partial charge on any atom is 0.261 e. The lowest BCUT2D eigenvalue weighted by atomic mass is 10.3. The van der Waals surface area contributed by atoms with E-state index in [1.54, 1.807) is 17.0 Å². The van der Waals surface area contributed by atoms with Gasteiger partial charge in [-0.25, -0.2) is 4.98 Å². The van der Waals surface area contributed by atoms with E-state index >= 15 is 0 Å². The van der Waals surface area contributed by atoms with E-state index in [-0.39, 0.29) is 12.0 Å². The van der Waals surface area contributed by atoms with Crippen LogP contribution in [0.2, 0.25) is 4.34 Å². The average Bonchev–Trinajstić information content (AvgIpc) is 3.30. The van der Waals surface area contributed by atoms with E-state index in [2.05, 4.69) is 10.3 Å².